The smallest absolute Gasteiger partial charge is 0.0290 e. The van der Waals surface area contributed by atoms with Crippen LogP contribution in [0.15, 0.2) is 97.1 Å². The molecular formula is C36H24. The molecule has 0 aliphatic heterocycles. The lowest BCUT2D eigenvalue weighted by Gasteiger charge is -2.13. The van der Waals surface area contributed by atoms with E-state index < -0.39 is 0 Å². The molecule has 0 N–H and O–H groups in total. The summed E-state index contributed by atoms with van der Waals surface area (Å²) in [5, 5.41) is 0. The van der Waals surface area contributed by atoms with Crippen molar-refractivity contribution in [2.75, 3.05) is 0 Å². The fourth-order valence-corrected chi connectivity index (χ4v) is 4.23. The highest BCUT2D eigenvalue weighted by Gasteiger charge is 2.09. The molecule has 4 aromatic carbocycles. The first-order valence-corrected chi connectivity index (χ1v) is 12.2. The molecular weight excluding hydrogens is 432 g/mol. The number of aryl methyl sites for hydroxylation is 4. The Morgan fingerprint density at radius 2 is 0.806 bits per heavy atom. The average Bonchev–Trinajstić information content (AvgIpc) is 2.92. The first-order valence-electron chi connectivity index (χ1n) is 12.2. The lowest BCUT2D eigenvalue weighted by Crippen LogP contribution is -2.02. The summed E-state index contributed by atoms with van der Waals surface area (Å²) in [5.41, 5.74) is 9.23. The third kappa shape index (κ3) is 6.16. The van der Waals surface area contributed by atoms with Crippen LogP contribution in [0, 0.1) is 47.4 Å². The second-order valence-electron chi connectivity index (χ2n) is 8.72. The van der Waals surface area contributed by atoms with Crippen LogP contribution in [0.1, 0.15) is 44.5 Å². The van der Waals surface area contributed by atoms with Crippen LogP contribution >= 0.6 is 0 Å². The van der Waals surface area contributed by atoms with Crippen molar-refractivity contribution in [1.82, 2.24) is 0 Å². The molecule has 0 radical (unpaired) electrons. The molecule has 0 heterocycles. The van der Waals surface area contributed by atoms with Gasteiger partial charge in [-0.25, -0.2) is 0 Å². The molecule has 4 aromatic rings. The van der Waals surface area contributed by atoms with Gasteiger partial charge in [-0.1, -0.05) is 84.3 Å². The van der Waals surface area contributed by atoms with Crippen molar-refractivity contribution in [2.24, 2.45) is 0 Å². The summed E-state index contributed by atoms with van der Waals surface area (Å²) in [5.74, 6) is 25.0. The number of hydrogen-bond donors (Lipinski definition) is 0. The van der Waals surface area contributed by atoms with Gasteiger partial charge in [-0.05, 0) is 108 Å². The van der Waals surface area contributed by atoms with Crippen molar-refractivity contribution in [3.63, 3.8) is 0 Å². The lowest BCUT2D eigenvalue weighted by atomic mass is 9.91. The molecule has 0 saturated carbocycles. The summed E-state index contributed by atoms with van der Waals surface area (Å²) >= 11 is 0. The summed E-state index contributed by atoms with van der Waals surface area (Å²) in [4.78, 5) is 0. The van der Waals surface area contributed by atoms with Gasteiger partial charge in [0.15, 0.2) is 0 Å². The molecule has 0 fully saturated rings. The van der Waals surface area contributed by atoms with Crippen LogP contribution in [0.4, 0.5) is 0 Å². The fraction of sp³-hybridized carbons (Fsp3) is 0.111. The van der Waals surface area contributed by atoms with E-state index >= 15 is 0 Å². The van der Waals surface area contributed by atoms with E-state index in [4.69, 9.17) is 0 Å². The number of benzene rings is 4. The fourth-order valence-electron chi connectivity index (χ4n) is 4.23. The minimum absolute atomic E-state index is 0.927. The molecule has 0 spiro atoms. The molecule has 4 aliphatic carbocycles. The van der Waals surface area contributed by atoms with Crippen LogP contribution in [-0.4, -0.2) is 0 Å². The molecule has 0 nitrogen and oxygen atoms in total. The van der Waals surface area contributed by atoms with Crippen molar-refractivity contribution < 1.29 is 0 Å². The monoisotopic (exact) mass is 456 g/mol. The molecule has 0 aromatic heterocycles. The molecule has 0 atom stereocenters. The predicted molar refractivity (Wildman–Crippen MR) is 148 cm³/mol. The topological polar surface area (TPSA) is 0 Å². The molecule has 168 valence electrons. The van der Waals surface area contributed by atoms with E-state index in [0.717, 1.165) is 47.9 Å². The normalized spacial score (nSPS) is 11.1. The molecule has 0 amide bonds. The first kappa shape index (κ1) is 22.9. The van der Waals surface area contributed by atoms with E-state index in [1.54, 1.807) is 0 Å². The van der Waals surface area contributed by atoms with Crippen molar-refractivity contribution in [1.29, 1.82) is 0 Å². The highest BCUT2D eigenvalue weighted by atomic mass is 14.1. The van der Waals surface area contributed by atoms with Gasteiger partial charge < -0.3 is 0 Å². The van der Waals surface area contributed by atoms with Gasteiger partial charge in [0.1, 0.15) is 0 Å². The second-order valence-corrected chi connectivity index (χ2v) is 8.72. The highest BCUT2D eigenvalue weighted by molar-refractivity contribution is 5.51. The third-order valence-electron chi connectivity index (χ3n) is 6.20. The third-order valence-corrected chi connectivity index (χ3v) is 6.20. The van der Waals surface area contributed by atoms with E-state index in [-0.39, 0.29) is 0 Å². The molecule has 4 aliphatic rings. The van der Waals surface area contributed by atoms with Gasteiger partial charge in [0.2, 0.25) is 0 Å². The lowest BCUT2D eigenvalue weighted by molar-refractivity contribution is 0.916. The first-order chi connectivity index (χ1) is 17.8. The number of rotatable bonds is 0. The zero-order chi connectivity index (χ0) is 24.4. The van der Waals surface area contributed by atoms with E-state index in [0.29, 0.717) is 0 Å². The Bertz CT molecular complexity index is 1500. The van der Waals surface area contributed by atoms with Crippen LogP contribution in [0.5, 0.6) is 0 Å². The minimum Gasteiger partial charge on any atom is -0.0622 e. The Morgan fingerprint density at radius 3 is 1.25 bits per heavy atom. The van der Waals surface area contributed by atoms with Crippen molar-refractivity contribution in [3.05, 3.63) is 142 Å². The van der Waals surface area contributed by atoms with Crippen LogP contribution in [0.3, 0.4) is 0 Å². The SMILES string of the molecule is C(C#Cc1cc2ccc1CCc1ccc(c(C#CC#Cc3ccccc3)c1)CC2)#Cc1ccccc1. The van der Waals surface area contributed by atoms with Crippen molar-refractivity contribution in [2.45, 2.75) is 25.7 Å². The summed E-state index contributed by atoms with van der Waals surface area (Å²) < 4.78 is 0. The number of hydrogen-bond acceptors (Lipinski definition) is 0. The van der Waals surface area contributed by atoms with Gasteiger partial charge >= 0.3 is 0 Å². The van der Waals surface area contributed by atoms with Crippen LogP contribution in [0.25, 0.3) is 0 Å². The average molecular weight is 457 g/mol. The van der Waals surface area contributed by atoms with Crippen molar-refractivity contribution >= 4 is 0 Å². The Labute approximate surface area is 214 Å². The Hall–Kier alpha value is -4.88. The summed E-state index contributed by atoms with van der Waals surface area (Å²) in [7, 11) is 0. The molecule has 8 rings (SSSR count). The maximum Gasteiger partial charge on any atom is 0.0290 e. The zero-order valence-corrected chi connectivity index (χ0v) is 20.1. The van der Waals surface area contributed by atoms with Gasteiger partial charge in [0.25, 0.3) is 0 Å². The zero-order valence-electron chi connectivity index (χ0n) is 20.1. The Balaban J connectivity index is 1.37. The van der Waals surface area contributed by atoms with Crippen LogP contribution in [0.2, 0.25) is 0 Å². The van der Waals surface area contributed by atoms with Gasteiger partial charge in [-0.3, -0.25) is 0 Å². The Morgan fingerprint density at radius 1 is 0.389 bits per heavy atom. The summed E-state index contributed by atoms with van der Waals surface area (Å²) in [6, 6.07) is 33.4. The summed E-state index contributed by atoms with van der Waals surface area (Å²) in [6.07, 6.45) is 3.73. The van der Waals surface area contributed by atoms with Gasteiger partial charge in [0.05, 0.1) is 0 Å². The maximum absolute atomic E-state index is 3.32. The van der Waals surface area contributed by atoms with E-state index in [9.17, 15) is 0 Å². The van der Waals surface area contributed by atoms with Crippen LogP contribution in [-0.2, 0) is 25.7 Å². The molecule has 0 unspecified atom stereocenters. The second kappa shape index (κ2) is 11.5. The van der Waals surface area contributed by atoms with Crippen molar-refractivity contribution in [3.8, 4) is 47.4 Å². The van der Waals surface area contributed by atoms with E-state index in [1.807, 2.05) is 60.7 Å². The quantitative estimate of drug-likeness (QED) is 0.270. The highest BCUT2D eigenvalue weighted by Crippen LogP contribution is 2.21. The Kier molecular flexibility index (Phi) is 7.31. The molecule has 4 bridgehead atoms. The van der Waals surface area contributed by atoms with Gasteiger partial charge in [-0.15, -0.1) is 0 Å². The van der Waals surface area contributed by atoms with Gasteiger partial charge in [0, 0.05) is 22.3 Å². The minimum atomic E-state index is 0.927. The summed E-state index contributed by atoms with van der Waals surface area (Å²) in [6.45, 7) is 0. The van der Waals surface area contributed by atoms with Gasteiger partial charge in [-0.2, -0.15) is 0 Å². The predicted octanol–water partition coefficient (Wildman–Crippen LogP) is 6.38. The maximum atomic E-state index is 3.32. The molecule has 0 heteroatoms. The molecule has 0 saturated heterocycles. The standard InChI is InChI=1S/C36H24/c1-3-11-29(12-4-1)15-7-9-17-35-27-31-19-23-33(35)25-21-32-20-24-34(26-22-31)36(28-32)18-10-8-16-30-13-5-2-6-14-30/h1-6,11-14,19-20,23-24,27-28H,21-22,25-26H2. The van der Waals surface area contributed by atoms with Crippen LogP contribution < -0.4 is 0 Å². The molecule has 36 heavy (non-hydrogen) atoms. The van der Waals surface area contributed by atoms with E-state index in [1.165, 1.54) is 22.3 Å². The largest absolute Gasteiger partial charge is 0.0622 e. The van der Waals surface area contributed by atoms with E-state index in [2.05, 4.69) is 83.8 Å².